The Morgan fingerprint density at radius 3 is 2.35 bits per heavy atom. The summed E-state index contributed by atoms with van der Waals surface area (Å²) in [6.07, 6.45) is 5.35. The molecule has 1 aromatic rings. The van der Waals surface area contributed by atoms with Crippen molar-refractivity contribution in [3.63, 3.8) is 0 Å². The van der Waals surface area contributed by atoms with Crippen LogP contribution >= 0.6 is 11.6 Å². The van der Waals surface area contributed by atoms with E-state index in [-0.39, 0.29) is 42.0 Å². The number of rotatable bonds is 3. The summed E-state index contributed by atoms with van der Waals surface area (Å²) in [5, 5.41) is 0.584. The summed E-state index contributed by atoms with van der Waals surface area (Å²) < 4.78 is 5.30. The quantitative estimate of drug-likeness (QED) is 0.354. The number of aryl methyl sites for hydroxylation is 1. The van der Waals surface area contributed by atoms with E-state index in [2.05, 4.69) is 12.2 Å². The number of likely N-dealkylation sites (tertiary alicyclic amines) is 1. The zero-order valence-corrected chi connectivity index (χ0v) is 15.0. The highest BCUT2D eigenvalue weighted by Crippen LogP contribution is 2.65. The van der Waals surface area contributed by atoms with Gasteiger partial charge in [0.25, 0.3) is 0 Å². The van der Waals surface area contributed by atoms with E-state index in [4.69, 9.17) is 16.3 Å². The summed E-state index contributed by atoms with van der Waals surface area (Å²) in [7, 11) is 0. The van der Waals surface area contributed by atoms with E-state index in [0.717, 1.165) is 16.9 Å². The highest BCUT2D eigenvalue weighted by Gasteiger charge is 2.67. The van der Waals surface area contributed by atoms with Crippen LogP contribution < -0.4 is 4.74 Å². The third-order valence-electron chi connectivity index (χ3n) is 6.40. The molecule has 2 saturated carbocycles. The number of carbonyl (C=O) groups is 3. The standard InChI is InChI=1S/C20H18ClNO4/c1-9-6-10(2-5-15(9)21)26-16(23)8-22-19(24)17-11-3-4-12(14-7-13(11)14)18(17)20(22)25/h2-6,11-14,17-18H,7-8H2,1H3/t11-,12-,13-,14+,17+,18+/m0/s1. The normalized spacial score (nSPS) is 36.2. The summed E-state index contributed by atoms with van der Waals surface area (Å²) in [4.78, 5) is 39.1. The second kappa shape index (κ2) is 5.43. The molecule has 0 unspecified atom stereocenters. The van der Waals surface area contributed by atoms with Crippen LogP contribution in [0.1, 0.15) is 12.0 Å². The predicted octanol–water partition coefficient (Wildman–Crippen LogP) is 2.61. The van der Waals surface area contributed by atoms with Gasteiger partial charge in [0, 0.05) is 5.02 Å². The summed E-state index contributed by atoms with van der Waals surface area (Å²) in [6, 6.07) is 4.90. The van der Waals surface area contributed by atoms with Crippen molar-refractivity contribution in [3.8, 4) is 5.75 Å². The van der Waals surface area contributed by atoms with Crippen molar-refractivity contribution in [1.29, 1.82) is 0 Å². The Hall–Kier alpha value is -2.14. The summed E-state index contributed by atoms with van der Waals surface area (Å²) in [5.74, 6) is 0.159. The van der Waals surface area contributed by atoms with Crippen LogP contribution in [0.3, 0.4) is 0 Å². The highest BCUT2D eigenvalue weighted by atomic mass is 35.5. The SMILES string of the molecule is Cc1cc(OC(=O)CN2C(=O)[C@@H]3[C@H]4C=C[C@@H]([C@@H]5C[C@H]45)[C@H]3C2=O)ccc1Cl. The lowest BCUT2D eigenvalue weighted by atomic mass is 9.63. The third-order valence-corrected chi connectivity index (χ3v) is 6.83. The van der Waals surface area contributed by atoms with Gasteiger partial charge in [-0.2, -0.15) is 0 Å². The molecule has 0 spiro atoms. The fourth-order valence-corrected chi connectivity index (χ4v) is 5.27. The molecule has 1 aromatic carbocycles. The third kappa shape index (κ3) is 2.19. The van der Waals surface area contributed by atoms with Gasteiger partial charge in [-0.3, -0.25) is 14.5 Å². The Morgan fingerprint density at radius 1 is 1.15 bits per heavy atom. The number of imide groups is 1. The summed E-state index contributed by atoms with van der Waals surface area (Å²) in [6.45, 7) is 1.48. The van der Waals surface area contributed by atoms with Crippen molar-refractivity contribution in [2.24, 2.45) is 35.5 Å². The van der Waals surface area contributed by atoms with Gasteiger partial charge in [0.1, 0.15) is 12.3 Å². The monoisotopic (exact) mass is 371 g/mol. The average molecular weight is 372 g/mol. The Labute approximate surface area is 155 Å². The Kier molecular flexibility index (Phi) is 3.35. The van der Waals surface area contributed by atoms with Crippen LogP contribution in [0.15, 0.2) is 30.4 Å². The van der Waals surface area contributed by atoms with Crippen LogP contribution in [0, 0.1) is 42.4 Å². The van der Waals surface area contributed by atoms with E-state index in [1.54, 1.807) is 18.2 Å². The first-order chi connectivity index (χ1) is 12.5. The van der Waals surface area contributed by atoms with Crippen LogP contribution in [0.2, 0.25) is 5.02 Å². The van der Waals surface area contributed by atoms with E-state index in [1.165, 1.54) is 0 Å². The van der Waals surface area contributed by atoms with Gasteiger partial charge in [-0.25, -0.2) is 4.79 Å². The maximum absolute atomic E-state index is 12.8. The maximum atomic E-state index is 12.8. The minimum absolute atomic E-state index is 0.159. The van der Waals surface area contributed by atoms with Crippen molar-refractivity contribution < 1.29 is 19.1 Å². The average Bonchev–Trinajstić information content (AvgIpc) is 3.39. The molecule has 3 fully saturated rings. The molecule has 0 N–H and O–H groups in total. The number of halogens is 1. The van der Waals surface area contributed by atoms with E-state index in [9.17, 15) is 14.4 Å². The van der Waals surface area contributed by atoms with Gasteiger partial charge in [0.2, 0.25) is 11.8 Å². The van der Waals surface area contributed by atoms with Gasteiger partial charge in [-0.15, -0.1) is 0 Å². The second-order valence-corrected chi connectivity index (χ2v) is 8.21. The van der Waals surface area contributed by atoms with Gasteiger partial charge in [0.05, 0.1) is 11.8 Å². The lowest BCUT2D eigenvalue weighted by Gasteiger charge is -2.37. The smallest absolute Gasteiger partial charge is 0.331 e. The number of esters is 1. The number of hydrogen-bond donors (Lipinski definition) is 0. The molecule has 134 valence electrons. The first-order valence-electron chi connectivity index (χ1n) is 8.96. The maximum Gasteiger partial charge on any atom is 0.331 e. The van der Waals surface area contributed by atoms with Crippen molar-refractivity contribution in [2.45, 2.75) is 13.3 Å². The molecule has 6 heteroatoms. The zero-order valence-electron chi connectivity index (χ0n) is 14.2. The number of hydrogen-bond acceptors (Lipinski definition) is 4. The first-order valence-corrected chi connectivity index (χ1v) is 9.34. The Morgan fingerprint density at radius 2 is 1.77 bits per heavy atom. The molecule has 2 amide bonds. The van der Waals surface area contributed by atoms with Crippen LogP contribution in [0.25, 0.3) is 0 Å². The van der Waals surface area contributed by atoms with Gasteiger partial charge in [0.15, 0.2) is 0 Å². The number of nitrogens with zero attached hydrogens (tertiary/aromatic N) is 1. The Balaban J connectivity index is 1.32. The van der Waals surface area contributed by atoms with Crippen molar-refractivity contribution in [1.82, 2.24) is 4.90 Å². The molecular formula is C20H18ClNO4. The van der Waals surface area contributed by atoms with E-state index < -0.39 is 5.97 Å². The summed E-state index contributed by atoms with van der Waals surface area (Å²) in [5.41, 5.74) is 0.790. The fourth-order valence-electron chi connectivity index (χ4n) is 5.15. The lowest BCUT2D eigenvalue weighted by molar-refractivity contribution is -0.148. The van der Waals surface area contributed by atoms with E-state index >= 15 is 0 Å². The topological polar surface area (TPSA) is 63.7 Å². The van der Waals surface area contributed by atoms with Crippen LogP contribution in [-0.4, -0.2) is 29.2 Å². The molecule has 2 bridgehead atoms. The molecule has 6 rings (SSSR count). The van der Waals surface area contributed by atoms with Crippen LogP contribution in [-0.2, 0) is 14.4 Å². The second-order valence-electron chi connectivity index (χ2n) is 7.80. The molecule has 1 heterocycles. The molecule has 5 aliphatic rings. The molecule has 6 atom stereocenters. The number of carbonyl (C=O) groups excluding carboxylic acids is 3. The highest BCUT2D eigenvalue weighted by molar-refractivity contribution is 6.31. The van der Waals surface area contributed by atoms with Gasteiger partial charge >= 0.3 is 5.97 Å². The molecular weight excluding hydrogens is 354 g/mol. The minimum atomic E-state index is -0.613. The zero-order chi connectivity index (χ0) is 18.2. The Bertz CT molecular complexity index is 843. The van der Waals surface area contributed by atoms with Crippen molar-refractivity contribution >= 4 is 29.4 Å². The number of allylic oxidation sites excluding steroid dienone is 2. The number of amides is 2. The molecule has 4 aliphatic carbocycles. The first kappa shape index (κ1) is 16.1. The van der Waals surface area contributed by atoms with Gasteiger partial charge in [-0.05, 0) is 60.8 Å². The summed E-state index contributed by atoms with van der Waals surface area (Å²) >= 11 is 5.97. The molecule has 0 radical (unpaired) electrons. The number of benzene rings is 1. The van der Waals surface area contributed by atoms with Crippen molar-refractivity contribution in [3.05, 3.63) is 40.9 Å². The molecule has 26 heavy (non-hydrogen) atoms. The van der Waals surface area contributed by atoms with Crippen LogP contribution in [0.5, 0.6) is 5.75 Å². The largest absolute Gasteiger partial charge is 0.425 e. The lowest BCUT2D eigenvalue weighted by Crippen LogP contribution is -2.40. The van der Waals surface area contributed by atoms with E-state index in [1.807, 2.05) is 6.92 Å². The molecule has 1 saturated heterocycles. The van der Waals surface area contributed by atoms with Gasteiger partial charge in [-0.1, -0.05) is 23.8 Å². The fraction of sp³-hybridized carbons (Fsp3) is 0.450. The van der Waals surface area contributed by atoms with E-state index in [0.29, 0.717) is 22.6 Å². The molecule has 5 nitrogen and oxygen atoms in total. The number of ether oxygens (including phenoxy) is 1. The van der Waals surface area contributed by atoms with Crippen LogP contribution in [0.4, 0.5) is 0 Å². The minimum Gasteiger partial charge on any atom is -0.425 e. The molecule has 1 aliphatic heterocycles. The van der Waals surface area contributed by atoms with Crippen molar-refractivity contribution in [2.75, 3.05) is 6.54 Å². The molecule has 0 aromatic heterocycles. The predicted molar refractivity (Wildman–Crippen MR) is 93.2 cm³/mol. The van der Waals surface area contributed by atoms with Gasteiger partial charge < -0.3 is 4.74 Å².